The lowest BCUT2D eigenvalue weighted by atomic mass is 10.1. The molecule has 2 unspecified atom stereocenters. The quantitative estimate of drug-likeness (QED) is 0.725. The number of rotatable bonds is 7. The molecule has 2 atom stereocenters. The van der Waals surface area contributed by atoms with Crippen LogP contribution in [0, 0.1) is 0 Å². The van der Waals surface area contributed by atoms with Crippen molar-refractivity contribution in [2.45, 2.75) is 65.3 Å². The maximum Gasteiger partial charge on any atom is 0.408 e. The van der Waals surface area contributed by atoms with E-state index in [-0.39, 0.29) is 6.61 Å². The number of benzene rings is 1. The highest BCUT2D eigenvalue weighted by atomic mass is 16.6. The summed E-state index contributed by atoms with van der Waals surface area (Å²) in [6, 6.07) is 7.58. The van der Waals surface area contributed by atoms with Crippen molar-refractivity contribution in [1.82, 2.24) is 10.6 Å². The van der Waals surface area contributed by atoms with Gasteiger partial charge in [0.25, 0.3) is 0 Å². The van der Waals surface area contributed by atoms with Gasteiger partial charge in [0.05, 0.1) is 0 Å². The van der Waals surface area contributed by atoms with Gasteiger partial charge in [-0.25, -0.2) is 9.59 Å². The molecule has 1 aromatic rings. The Hall–Kier alpha value is -2.57. The molecule has 1 aromatic carbocycles. The van der Waals surface area contributed by atoms with Crippen molar-refractivity contribution in [3.8, 4) is 0 Å². The van der Waals surface area contributed by atoms with Crippen LogP contribution in [0.1, 0.15) is 46.6 Å². The Labute approximate surface area is 154 Å². The zero-order valence-corrected chi connectivity index (χ0v) is 16.0. The van der Waals surface area contributed by atoms with Gasteiger partial charge in [-0.3, -0.25) is 4.79 Å². The van der Waals surface area contributed by atoms with E-state index in [0.29, 0.717) is 6.42 Å². The average Bonchev–Trinajstić information content (AvgIpc) is 2.56. The molecular formula is C19H28N2O5. The number of carbonyl (C=O) groups excluding carboxylic acids is 3. The van der Waals surface area contributed by atoms with E-state index in [1.807, 2.05) is 30.3 Å². The molecule has 0 aliphatic heterocycles. The maximum absolute atomic E-state index is 12.2. The highest BCUT2D eigenvalue weighted by Crippen LogP contribution is 2.10. The third kappa shape index (κ3) is 8.00. The number of hydrogen-bond donors (Lipinski definition) is 2. The first-order valence-electron chi connectivity index (χ1n) is 8.63. The molecule has 0 spiro atoms. The lowest BCUT2D eigenvalue weighted by Crippen LogP contribution is -2.51. The Bertz CT molecular complexity index is 610. The molecule has 0 bridgehead atoms. The zero-order chi connectivity index (χ0) is 19.7. The highest BCUT2D eigenvalue weighted by molar-refractivity contribution is 5.89. The predicted molar refractivity (Wildman–Crippen MR) is 97.3 cm³/mol. The molecule has 0 saturated heterocycles. The summed E-state index contributed by atoms with van der Waals surface area (Å²) in [5.74, 6) is -0.994. The van der Waals surface area contributed by atoms with Crippen molar-refractivity contribution in [3.63, 3.8) is 0 Å². The van der Waals surface area contributed by atoms with Crippen LogP contribution in [0.2, 0.25) is 0 Å². The number of nitrogens with one attached hydrogen (secondary N) is 2. The Balaban J connectivity index is 2.47. The third-order valence-electron chi connectivity index (χ3n) is 3.36. The van der Waals surface area contributed by atoms with E-state index in [9.17, 15) is 14.4 Å². The van der Waals surface area contributed by atoms with Crippen LogP contribution in [0.4, 0.5) is 4.79 Å². The molecule has 0 heterocycles. The van der Waals surface area contributed by atoms with Gasteiger partial charge >= 0.3 is 12.1 Å². The van der Waals surface area contributed by atoms with Crippen molar-refractivity contribution >= 4 is 18.0 Å². The molecule has 2 N–H and O–H groups in total. The van der Waals surface area contributed by atoms with E-state index in [1.54, 1.807) is 27.7 Å². The molecule has 0 fully saturated rings. The highest BCUT2D eigenvalue weighted by Gasteiger charge is 2.27. The van der Waals surface area contributed by atoms with Crippen LogP contribution >= 0.6 is 0 Å². The summed E-state index contributed by atoms with van der Waals surface area (Å²) in [6.07, 6.45) is -0.326. The fourth-order valence-corrected chi connectivity index (χ4v) is 2.00. The van der Waals surface area contributed by atoms with Crippen LogP contribution in [0.15, 0.2) is 30.3 Å². The van der Waals surface area contributed by atoms with Gasteiger partial charge in [-0.1, -0.05) is 37.3 Å². The van der Waals surface area contributed by atoms with Gasteiger partial charge in [0, 0.05) is 0 Å². The molecular weight excluding hydrogens is 336 g/mol. The van der Waals surface area contributed by atoms with Gasteiger partial charge in [0.1, 0.15) is 24.3 Å². The maximum atomic E-state index is 12.2. The first-order valence-corrected chi connectivity index (χ1v) is 8.63. The third-order valence-corrected chi connectivity index (χ3v) is 3.36. The van der Waals surface area contributed by atoms with Crippen molar-refractivity contribution in [2.24, 2.45) is 0 Å². The summed E-state index contributed by atoms with van der Waals surface area (Å²) in [4.78, 5) is 36.1. The molecule has 0 radical (unpaired) electrons. The van der Waals surface area contributed by atoms with E-state index in [2.05, 4.69) is 10.6 Å². The van der Waals surface area contributed by atoms with E-state index in [4.69, 9.17) is 9.47 Å². The molecule has 2 amide bonds. The van der Waals surface area contributed by atoms with Gasteiger partial charge in [-0.2, -0.15) is 0 Å². The largest absolute Gasteiger partial charge is 0.458 e. The summed E-state index contributed by atoms with van der Waals surface area (Å²) >= 11 is 0. The van der Waals surface area contributed by atoms with Crippen molar-refractivity contribution < 1.29 is 23.9 Å². The minimum atomic E-state index is -0.852. The normalized spacial score (nSPS) is 13.3. The van der Waals surface area contributed by atoms with Gasteiger partial charge in [0.2, 0.25) is 5.91 Å². The molecule has 26 heavy (non-hydrogen) atoms. The molecule has 144 valence electrons. The minimum absolute atomic E-state index is 0.108. The summed E-state index contributed by atoms with van der Waals surface area (Å²) in [5, 5.41) is 5.03. The molecule has 1 rings (SSSR count). The van der Waals surface area contributed by atoms with Gasteiger partial charge in [-0.15, -0.1) is 0 Å². The van der Waals surface area contributed by atoms with Crippen LogP contribution in [0.25, 0.3) is 0 Å². The topological polar surface area (TPSA) is 93.7 Å². The number of carbonyl (C=O) groups is 3. The fourth-order valence-electron chi connectivity index (χ4n) is 2.00. The summed E-state index contributed by atoms with van der Waals surface area (Å²) < 4.78 is 10.3. The molecule has 7 heteroatoms. The smallest absolute Gasteiger partial charge is 0.408 e. The second-order valence-corrected chi connectivity index (χ2v) is 6.93. The molecule has 0 aliphatic rings. The second kappa shape index (κ2) is 9.79. The number of ether oxygens (including phenoxy) is 2. The van der Waals surface area contributed by atoms with Crippen LogP contribution in [0.5, 0.6) is 0 Å². The van der Waals surface area contributed by atoms with E-state index < -0.39 is 35.7 Å². The van der Waals surface area contributed by atoms with Gasteiger partial charge < -0.3 is 20.1 Å². The van der Waals surface area contributed by atoms with Crippen LogP contribution < -0.4 is 10.6 Å². The minimum Gasteiger partial charge on any atom is -0.458 e. The van der Waals surface area contributed by atoms with Crippen LogP contribution in [-0.2, 0) is 25.7 Å². The van der Waals surface area contributed by atoms with Gasteiger partial charge in [0.15, 0.2) is 0 Å². The van der Waals surface area contributed by atoms with Gasteiger partial charge in [-0.05, 0) is 39.7 Å². The Kier molecular flexibility index (Phi) is 8.09. The number of amides is 2. The van der Waals surface area contributed by atoms with E-state index >= 15 is 0 Å². The first-order chi connectivity index (χ1) is 12.1. The number of esters is 1. The Morgan fingerprint density at radius 3 is 2.23 bits per heavy atom. The summed E-state index contributed by atoms with van der Waals surface area (Å²) in [6.45, 7) is 8.66. The first kappa shape index (κ1) is 21.5. The summed E-state index contributed by atoms with van der Waals surface area (Å²) in [5.41, 5.74) is 0.205. The molecule has 0 aromatic heterocycles. The fraction of sp³-hybridized carbons (Fsp3) is 0.526. The van der Waals surface area contributed by atoms with Crippen molar-refractivity contribution in [2.75, 3.05) is 0 Å². The second-order valence-electron chi connectivity index (χ2n) is 6.93. The number of hydrogen-bond acceptors (Lipinski definition) is 5. The molecule has 0 aliphatic carbocycles. The predicted octanol–water partition coefficient (Wildman–Crippen LogP) is 2.54. The lowest BCUT2D eigenvalue weighted by Gasteiger charge is -2.24. The Morgan fingerprint density at radius 2 is 1.69 bits per heavy atom. The monoisotopic (exact) mass is 364 g/mol. The molecule has 0 saturated carbocycles. The van der Waals surface area contributed by atoms with E-state index in [1.165, 1.54) is 6.92 Å². The van der Waals surface area contributed by atoms with Crippen LogP contribution in [0.3, 0.4) is 0 Å². The number of alkyl carbamates (subject to hydrolysis) is 1. The SMILES string of the molecule is CCC(NC(=O)C(C)NC(=O)OCc1ccccc1)C(=O)OC(C)(C)C. The molecule has 7 nitrogen and oxygen atoms in total. The van der Waals surface area contributed by atoms with Crippen LogP contribution in [-0.4, -0.2) is 35.7 Å². The average molecular weight is 364 g/mol. The van der Waals surface area contributed by atoms with Crippen molar-refractivity contribution in [3.05, 3.63) is 35.9 Å². The standard InChI is InChI=1S/C19H28N2O5/c1-6-15(17(23)26-19(3,4)5)21-16(22)13(2)20-18(24)25-12-14-10-8-7-9-11-14/h7-11,13,15H,6,12H2,1-5H3,(H,20,24)(H,21,22). The van der Waals surface area contributed by atoms with Crippen molar-refractivity contribution in [1.29, 1.82) is 0 Å². The summed E-state index contributed by atoms with van der Waals surface area (Å²) in [7, 11) is 0. The van der Waals surface area contributed by atoms with E-state index in [0.717, 1.165) is 5.56 Å². The Morgan fingerprint density at radius 1 is 1.08 bits per heavy atom. The lowest BCUT2D eigenvalue weighted by molar-refractivity contribution is -0.158. The zero-order valence-electron chi connectivity index (χ0n) is 16.0.